The highest BCUT2D eigenvalue weighted by Gasteiger charge is 2.06. The Morgan fingerprint density at radius 3 is 1.18 bits per heavy atom. The normalized spacial score (nSPS) is 10.6. The molecule has 0 unspecified atom stereocenters. The van der Waals surface area contributed by atoms with Gasteiger partial charge in [0.15, 0.2) is 0 Å². The molecular weight excluding hydrogens is 654 g/mol. The van der Waals surface area contributed by atoms with Crippen LogP contribution in [0.4, 0.5) is 0 Å². The molecule has 0 fully saturated rings. The molecule has 0 aromatic heterocycles. The molecule has 0 radical (unpaired) electrons. The summed E-state index contributed by atoms with van der Waals surface area (Å²) in [5, 5.41) is 5.87. The second-order valence-electron chi connectivity index (χ2n) is 7.58. The third-order valence-corrected chi connectivity index (χ3v) is 6.87. The lowest BCUT2D eigenvalue weighted by molar-refractivity contribution is 0.0941. The Balaban J connectivity index is 0.000000340. The maximum absolute atomic E-state index is 11.8. The smallest absolute Gasteiger partial charge is 0.251 e. The van der Waals surface area contributed by atoms with Crippen LogP contribution in [0.2, 0.25) is 0 Å². The second kappa shape index (κ2) is 18.1. The van der Waals surface area contributed by atoms with E-state index in [-0.39, 0.29) is 11.8 Å². The second-order valence-corrected chi connectivity index (χ2v) is 10.1. The van der Waals surface area contributed by atoms with Gasteiger partial charge in [0, 0.05) is 44.4 Å². The van der Waals surface area contributed by atoms with E-state index in [2.05, 4.69) is 93.3 Å². The third-order valence-electron chi connectivity index (χ3n) is 5.43. The first-order valence-electron chi connectivity index (χ1n) is 11.9. The van der Waals surface area contributed by atoms with Crippen molar-refractivity contribution in [3.63, 3.8) is 0 Å². The van der Waals surface area contributed by atoms with Crippen molar-refractivity contribution < 1.29 is 9.59 Å². The zero-order chi connectivity index (χ0) is 25.3. The minimum atomic E-state index is 0.00792. The van der Waals surface area contributed by atoms with Crippen LogP contribution in [0.15, 0.2) is 48.5 Å². The Labute approximate surface area is 232 Å². The molecule has 34 heavy (non-hydrogen) atoms. The van der Waals surface area contributed by atoms with Crippen LogP contribution in [0.3, 0.4) is 0 Å². The number of hydrogen-bond acceptors (Lipinski definition) is 4. The lowest BCUT2D eigenvalue weighted by atomic mass is 10.2. The lowest BCUT2D eigenvalue weighted by Crippen LogP contribution is -2.34. The molecule has 0 saturated carbocycles. The first-order chi connectivity index (χ1) is 16.3. The van der Waals surface area contributed by atoms with Gasteiger partial charge >= 0.3 is 0 Å². The monoisotopic (exact) mass is 692 g/mol. The first kappa shape index (κ1) is 30.8. The molecule has 2 aromatic rings. The van der Waals surface area contributed by atoms with Gasteiger partial charge in [-0.05, 0) is 120 Å². The predicted molar refractivity (Wildman–Crippen MR) is 159 cm³/mol. The van der Waals surface area contributed by atoms with Crippen LogP contribution in [0.5, 0.6) is 0 Å². The molecule has 0 heterocycles. The summed E-state index contributed by atoms with van der Waals surface area (Å²) in [6.45, 7) is 15.8. The Hall–Kier alpha value is -1.24. The fourth-order valence-electron chi connectivity index (χ4n) is 3.14. The maximum atomic E-state index is 11.8. The molecular formula is C26H38I2N4O2. The highest BCUT2D eigenvalue weighted by molar-refractivity contribution is 14.1. The van der Waals surface area contributed by atoms with Gasteiger partial charge in [0.25, 0.3) is 11.8 Å². The van der Waals surface area contributed by atoms with Crippen LogP contribution in [-0.4, -0.2) is 74.0 Å². The molecule has 0 aliphatic heterocycles. The van der Waals surface area contributed by atoms with Crippen molar-refractivity contribution in [1.29, 1.82) is 0 Å². The quantitative estimate of drug-likeness (QED) is 0.316. The Bertz CT molecular complexity index is 765. The van der Waals surface area contributed by atoms with Gasteiger partial charge in [-0.25, -0.2) is 0 Å². The zero-order valence-electron chi connectivity index (χ0n) is 20.7. The first-order valence-corrected chi connectivity index (χ1v) is 14.0. The van der Waals surface area contributed by atoms with Gasteiger partial charge in [-0.1, -0.05) is 27.7 Å². The van der Waals surface area contributed by atoms with Crippen LogP contribution in [0.1, 0.15) is 48.4 Å². The summed E-state index contributed by atoms with van der Waals surface area (Å²) in [7, 11) is 0. The fourth-order valence-corrected chi connectivity index (χ4v) is 3.86. The standard InChI is InChI=1S/2C13H19IN2O/c2*1-3-16(4-2)10-9-15-13(17)11-5-7-12(14)8-6-11/h2*5-8H,3-4,9-10H2,1-2H3,(H,15,17). The number of benzene rings is 2. The molecule has 2 aromatic carbocycles. The van der Waals surface area contributed by atoms with E-state index in [0.29, 0.717) is 13.1 Å². The van der Waals surface area contributed by atoms with Crippen LogP contribution in [0, 0.1) is 7.14 Å². The molecule has 6 nitrogen and oxygen atoms in total. The van der Waals surface area contributed by atoms with Crippen LogP contribution in [-0.2, 0) is 0 Å². The number of carbonyl (C=O) groups excluding carboxylic acids is 2. The molecule has 0 aliphatic rings. The summed E-state index contributed by atoms with van der Waals surface area (Å²) < 4.78 is 2.28. The molecule has 0 spiro atoms. The average Bonchev–Trinajstić information content (AvgIpc) is 2.85. The largest absolute Gasteiger partial charge is 0.351 e. The number of hydrogen-bond donors (Lipinski definition) is 2. The number of rotatable bonds is 12. The van der Waals surface area contributed by atoms with Gasteiger partial charge in [0.2, 0.25) is 0 Å². The van der Waals surface area contributed by atoms with Crippen LogP contribution in [0.25, 0.3) is 0 Å². The summed E-state index contributed by atoms with van der Waals surface area (Å²) >= 11 is 4.46. The number of halogens is 2. The highest BCUT2D eigenvalue weighted by Crippen LogP contribution is 2.07. The van der Waals surface area contributed by atoms with Gasteiger partial charge in [-0.15, -0.1) is 0 Å². The van der Waals surface area contributed by atoms with Gasteiger partial charge in [-0.2, -0.15) is 0 Å². The topological polar surface area (TPSA) is 64.7 Å². The van der Waals surface area contributed by atoms with Gasteiger partial charge in [0.05, 0.1) is 0 Å². The fraction of sp³-hybridized carbons (Fsp3) is 0.462. The van der Waals surface area contributed by atoms with E-state index < -0.39 is 0 Å². The molecule has 2 amide bonds. The average molecular weight is 692 g/mol. The van der Waals surface area contributed by atoms with E-state index >= 15 is 0 Å². The van der Waals surface area contributed by atoms with Gasteiger partial charge in [-0.3, -0.25) is 9.59 Å². The van der Waals surface area contributed by atoms with Crippen molar-refractivity contribution in [2.24, 2.45) is 0 Å². The van der Waals surface area contributed by atoms with Crippen molar-refractivity contribution in [3.05, 3.63) is 66.8 Å². The van der Waals surface area contributed by atoms with Crippen LogP contribution >= 0.6 is 45.2 Å². The van der Waals surface area contributed by atoms with Crippen molar-refractivity contribution in [2.45, 2.75) is 27.7 Å². The number of likely N-dealkylation sites (N-methyl/N-ethyl adjacent to an activating group) is 2. The number of amides is 2. The highest BCUT2D eigenvalue weighted by atomic mass is 127. The summed E-state index contributed by atoms with van der Waals surface area (Å²) in [5.41, 5.74) is 1.45. The van der Waals surface area contributed by atoms with Crippen molar-refractivity contribution in [1.82, 2.24) is 20.4 Å². The molecule has 188 valence electrons. The minimum absolute atomic E-state index is 0.00792. The van der Waals surface area contributed by atoms with Crippen LogP contribution < -0.4 is 10.6 Å². The Morgan fingerprint density at radius 2 is 0.912 bits per heavy atom. The molecule has 2 N–H and O–H groups in total. The molecule has 0 saturated heterocycles. The Kier molecular flexibility index (Phi) is 16.4. The Morgan fingerprint density at radius 1 is 0.618 bits per heavy atom. The summed E-state index contributed by atoms with van der Waals surface area (Å²) in [6.07, 6.45) is 0. The number of nitrogens with one attached hydrogen (secondary N) is 2. The van der Waals surface area contributed by atoms with Crippen molar-refractivity contribution >= 4 is 57.0 Å². The molecule has 2 rings (SSSR count). The molecule has 0 bridgehead atoms. The lowest BCUT2D eigenvalue weighted by Gasteiger charge is -2.17. The maximum Gasteiger partial charge on any atom is 0.251 e. The zero-order valence-corrected chi connectivity index (χ0v) is 25.1. The number of carbonyl (C=O) groups is 2. The predicted octanol–water partition coefficient (Wildman–Crippen LogP) is 4.73. The minimum Gasteiger partial charge on any atom is -0.351 e. The molecule has 0 aliphatic carbocycles. The summed E-state index contributed by atoms with van der Waals surface area (Å²) in [5.74, 6) is 0.0158. The van der Waals surface area contributed by atoms with Gasteiger partial charge in [0.1, 0.15) is 0 Å². The third kappa shape index (κ3) is 12.5. The molecule has 8 heteroatoms. The van der Waals surface area contributed by atoms with E-state index in [1.165, 1.54) is 0 Å². The van der Waals surface area contributed by atoms with E-state index in [1.54, 1.807) is 0 Å². The van der Waals surface area contributed by atoms with Crippen molar-refractivity contribution in [2.75, 3.05) is 52.4 Å². The number of nitrogens with zero attached hydrogens (tertiary/aromatic N) is 2. The summed E-state index contributed by atoms with van der Waals surface area (Å²) in [4.78, 5) is 28.1. The summed E-state index contributed by atoms with van der Waals surface area (Å²) in [6, 6.07) is 15.2. The van der Waals surface area contributed by atoms with E-state index in [9.17, 15) is 9.59 Å². The van der Waals surface area contributed by atoms with E-state index in [0.717, 1.165) is 57.5 Å². The molecule has 0 atom stereocenters. The van der Waals surface area contributed by atoms with E-state index in [4.69, 9.17) is 0 Å². The van der Waals surface area contributed by atoms with Gasteiger partial charge < -0.3 is 20.4 Å². The SMILES string of the molecule is CCN(CC)CCNC(=O)c1ccc(I)cc1.CCN(CC)CCNC(=O)c1ccc(I)cc1. The van der Waals surface area contributed by atoms with E-state index in [1.807, 2.05) is 48.5 Å². The van der Waals surface area contributed by atoms with Crippen molar-refractivity contribution in [3.8, 4) is 0 Å².